The normalized spacial score (nSPS) is 17.4. The van der Waals surface area contributed by atoms with Crippen molar-refractivity contribution in [2.24, 2.45) is 5.92 Å². The molecule has 0 spiro atoms. The maximum atomic E-state index is 12.3. The lowest BCUT2D eigenvalue weighted by Gasteiger charge is -2.22. The zero-order valence-electron chi connectivity index (χ0n) is 10.7. The molecule has 2 nitrogen and oxygen atoms in total. The van der Waals surface area contributed by atoms with Crippen LogP contribution in [-0.4, -0.2) is 19.5 Å². The topological polar surface area (TPSA) is 21.3 Å². The second kappa shape index (κ2) is 6.28. The lowest BCUT2D eigenvalue weighted by molar-refractivity contribution is -0.274. The minimum Gasteiger partial charge on any atom is -0.406 e. The lowest BCUT2D eigenvalue weighted by Crippen LogP contribution is -2.28. The molecule has 0 atom stereocenters. The average Bonchev–Trinajstić information content (AvgIpc) is 2.37. The van der Waals surface area contributed by atoms with Gasteiger partial charge in [-0.25, -0.2) is 0 Å². The van der Waals surface area contributed by atoms with Gasteiger partial charge in [-0.2, -0.15) is 0 Å². The number of halogens is 3. The molecule has 1 saturated heterocycles. The van der Waals surface area contributed by atoms with E-state index in [4.69, 9.17) is 0 Å². The van der Waals surface area contributed by atoms with Crippen molar-refractivity contribution < 1.29 is 17.9 Å². The van der Waals surface area contributed by atoms with Crippen LogP contribution in [0.25, 0.3) is 0 Å². The predicted octanol–water partition coefficient (Wildman–Crippen LogP) is 3.52. The quantitative estimate of drug-likeness (QED) is 0.906. The van der Waals surface area contributed by atoms with Gasteiger partial charge in [-0.1, -0.05) is 18.2 Å². The Bertz CT molecular complexity index is 400. The Morgan fingerprint density at radius 3 is 2.53 bits per heavy atom. The van der Waals surface area contributed by atoms with Crippen LogP contribution in [0.2, 0.25) is 0 Å². The number of hydrogen-bond acceptors (Lipinski definition) is 2. The number of benzene rings is 1. The number of nitrogens with one attached hydrogen (secondary N) is 1. The molecule has 0 bridgehead atoms. The van der Waals surface area contributed by atoms with Gasteiger partial charge in [0.15, 0.2) is 0 Å². The number of alkyl halides is 3. The zero-order valence-corrected chi connectivity index (χ0v) is 10.7. The Kier molecular flexibility index (Phi) is 4.69. The fourth-order valence-electron chi connectivity index (χ4n) is 2.46. The number of piperidine rings is 1. The number of aryl methyl sites for hydroxylation is 1. The monoisotopic (exact) mass is 273 g/mol. The minimum atomic E-state index is -4.62. The summed E-state index contributed by atoms with van der Waals surface area (Å²) in [6, 6.07) is 6.41. The predicted molar refractivity (Wildman–Crippen MR) is 67.0 cm³/mol. The van der Waals surface area contributed by atoms with Gasteiger partial charge in [-0.05, 0) is 56.3 Å². The maximum Gasteiger partial charge on any atom is 0.573 e. The highest BCUT2D eigenvalue weighted by atomic mass is 19.4. The minimum absolute atomic E-state index is 0.0658. The van der Waals surface area contributed by atoms with E-state index in [0.717, 1.165) is 32.4 Å². The van der Waals surface area contributed by atoms with E-state index < -0.39 is 6.36 Å². The molecule has 2 rings (SSSR count). The van der Waals surface area contributed by atoms with Crippen molar-refractivity contribution in [3.8, 4) is 5.75 Å². The Labute approximate surface area is 111 Å². The van der Waals surface area contributed by atoms with Crippen molar-refractivity contribution >= 4 is 0 Å². The fraction of sp³-hybridized carbons (Fsp3) is 0.571. The summed E-state index contributed by atoms with van der Waals surface area (Å²) in [4.78, 5) is 0. The van der Waals surface area contributed by atoms with Crippen LogP contribution in [-0.2, 0) is 6.42 Å². The van der Waals surface area contributed by atoms with Gasteiger partial charge >= 0.3 is 6.36 Å². The van der Waals surface area contributed by atoms with Crippen LogP contribution in [0.15, 0.2) is 24.3 Å². The smallest absolute Gasteiger partial charge is 0.406 e. The number of hydrogen-bond donors (Lipinski definition) is 1. The van der Waals surface area contributed by atoms with E-state index >= 15 is 0 Å². The molecule has 0 aliphatic carbocycles. The van der Waals surface area contributed by atoms with Crippen LogP contribution in [0, 0.1) is 5.92 Å². The van der Waals surface area contributed by atoms with Crippen molar-refractivity contribution in [2.45, 2.75) is 32.0 Å². The first kappa shape index (κ1) is 14.2. The molecule has 0 unspecified atom stereocenters. The molecule has 19 heavy (non-hydrogen) atoms. The lowest BCUT2D eigenvalue weighted by atomic mass is 9.91. The molecule has 0 radical (unpaired) electrons. The van der Waals surface area contributed by atoms with Crippen LogP contribution >= 0.6 is 0 Å². The molecule has 1 aliphatic rings. The summed E-state index contributed by atoms with van der Waals surface area (Å²) < 4.78 is 40.9. The van der Waals surface area contributed by atoms with E-state index in [1.165, 1.54) is 6.07 Å². The van der Waals surface area contributed by atoms with Crippen molar-refractivity contribution in [2.75, 3.05) is 13.1 Å². The van der Waals surface area contributed by atoms with Crippen molar-refractivity contribution in [1.82, 2.24) is 5.32 Å². The van der Waals surface area contributed by atoms with Crippen LogP contribution in [0.1, 0.15) is 24.8 Å². The van der Waals surface area contributed by atoms with Crippen molar-refractivity contribution in [1.29, 1.82) is 0 Å². The SMILES string of the molecule is FC(F)(F)Oc1ccccc1CCC1CCNCC1. The molecular weight excluding hydrogens is 255 g/mol. The Balaban J connectivity index is 1.95. The molecule has 1 heterocycles. The number of para-hydroxylation sites is 1. The van der Waals surface area contributed by atoms with Gasteiger partial charge in [0.2, 0.25) is 0 Å². The third kappa shape index (κ3) is 4.74. The summed E-state index contributed by atoms with van der Waals surface area (Å²) in [6.45, 7) is 2.01. The van der Waals surface area contributed by atoms with Crippen LogP contribution in [0.4, 0.5) is 13.2 Å². The Morgan fingerprint density at radius 2 is 1.84 bits per heavy atom. The van der Waals surface area contributed by atoms with Crippen molar-refractivity contribution in [3.05, 3.63) is 29.8 Å². The van der Waals surface area contributed by atoms with Crippen molar-refractivity contribution in [3.63, 3.8) is 0 Å². The molecule has 106 valence electrons. The number of rotatable bonds is 4. The molecule has 0 saturated carbocycles. The summed E-state index contributed by atoms with van der Waals surface area (Å²) in [5, 5.41) is 3.28. The van der Waals surface area contributed by atoms with E-state index in [-0.39, 0.29) is 5.75 Å². The average molecular weight is 273 g/mol. The van der Waals surface area contributed by atoms with Gasteiger partial charge in [0.05, 0.1) is 0 Å². The molecule has 0 aromatic heterocycles. The van der Waals surface area contributed by atoms with Gasteiger partial charge in [0.1, 0.15) is 5.75 Å². The van der Waals surface area contributed by atoms with Crippen LogP contribution in [0.5, 0.6) is 5.75 Å². The Morgan fingerprint density at radius 1 is 1.16 bits per heavy atom. The second-order valence-corrected chi connectivity index (χ2v) is 4.89. The second-order valence-electron chi connectivity index (χ2n) is 4.89. The van der Waals surface area contributed by atoms with Gasteiger partial charge in [0.25, 0.3) is 0 Å². The first-order chi connectivity index (χ1) is 9.04. The molecule has 1 N–H and O–H groups in total. The summed E-state index contributed by atoms with van der Waals surface area (Å²) in [5.74, 6) is 0.532. The van der Waals surface area contributed by atoms with Gasteiger partial charge in [-0.15, -0.1) is 13.2 Å². The van der Waals surface area contributed by atoms with Gasteiger partial charge in [-0.3, -0.25) is 0 Å². The zero-order chi connectivity index (χ0) is 13.7. The first-order valence-corrected chi connectivity index (χ1v) is 6.59. The van der Waals surface area contributed by atoms with Gasteiger partial charge < -0.3 is 10.1 Å². The molecule has 1 aliphatic heterocycles. The summed E-state index contributed by atoms with van der Waals surface area (Å²) in [6.07, 6.45) is -0.869. The van der Waals surface area contributed by atoms with Crippen LogP contribution < -0.4 is 10.1 Å². The van der Waals surface area contributed by atoms with Crippen LogP contribution in [0.3, 0.4) is 0 Å². The third-order valence-corrected chi connectivity index (χ3v) is 3.48. The fourth-order valence-corrected chi connectivity index (χ4v) is 2.46. The molecular formula is C14H18F3NO. The molecule has 1 aromatic rings. The summed E-state index contributed by atoms with van der Waals surface area (Å²) in [5.41, 5.74) is 0.637. The van der Waals surface area contributed by atoms with Gasteiger partial charge in [0, 0.05) is 0 Å². The molecule has 5 heteroatoms. The van der Waals surface area contributed by atoms with E-state index in [1.807, 2.05) is 0 Å². The van der Waals surface area contributed by atoms with E-state index in [1.54, 1.807) is 18.2 Å². The Hall–Kier alpha value is -1.23. The highest BCUT2D eigenvalue weighted by molar-refractivity contribution is 5.33. The highest BCUT2D eigenvalue weighted by Gasteiger charge is 2.31. The summed E-state index contributed by atoms with van der Waals surface area (Å²) in [7, 11) is 0. The largest absolute Gasteiger partial charge is 0.573 e. The third-order valence-electron chi connectivity index (χ3n) is 3.48. The first-order valence-electron chi connectivity index (χ1n) is 6.59. The van der Waals surface area contributed by atoms with E-state index in [2.05, 4.69) is 10.1 Å². The molecule has 1 fully saturated rings. The molecule has 0 amide bonds. The van der Waals surface area contributed by atoms with E-state index in [9.17, 15) is 13.2 Å². The maximum absolute atomic E-state index is 12.3. The summed E-state index contributed by atoms with van der Waals surface area (Å²) >= 11 is 0. The number of ether oxygens (including phenoxy) is 1. The van der Waals surface area contributed by atoms with E-state index in [0.29, 0.717) is 17.9 Å². The standard InChI is InChI=1S/C14H18F3NO/c15-14(16,17)19-13-4-2-1-3-12(13)6-5-11-7-9-18-10-8-11/h1-4,11,18H,5-10H2. The molecule has 1 aromatic carbocycles. The highest BCUT2D eigenvalue weighted by Crippen LogP contribution is 2.28.